The summed E-state index contributed by atoms with van der Waals surface area (Å²) in [4.78, 5) is 13.8. The lowest BCUT2D eigenvalue weighted by atomic mass is 10.1. The van der Waals surface area contributed by atoms with E-state index in [4.69, 9.17) is 14.2 Å². The van der Waals surface area contributed by atoms with Gasteiger partial charge in [-0.2, -0.15) is 0 Å². The van der Waals surface area contributed by atoms with Gasteiger partial charge in [0, 0.05) is 25.7 Å². The van der Waals surface area contributed by atoms with E-state index in [0.717, 1.165) is 0 Å². The molecule has 6 nitrogen and oxygen atoms in total. The van der Waals surface area contributed by atoms with Crippen LogP contribution in [0, 0.1) is 0 Å². The predicted molar refractivity (Wildman–Crippen MR) is 74.7 cm³/mol. The summed E-state index contributed by atoms with van der Waals surface area (Å²) >= 11 is 0. The maximum absolute atomic E-state index is 12.4. The van der Waals surface area contributed by atoms with Crippen molar-refractivity contribution < 1.29 is 24.1 Å². The highest BCUT2D eigenvalue weighted by atomic mass is 16.5. The van der Waals surface area contributed by atoms with E-state index < -0.39 is 6.10 Å². The molecular weight excluding hydrogens is 262 g/mol. The first-order chi connectivity index (χ1) is 9.44. The van der Waals surface area contributed by atoms with Crippen LogP contribution >= 0.6 is 0 Å². The Labute approximate surface area is 118 Å². The lowest BCUT2D eigenvalue weighted by Gasteiger charge is -2.21. The second-order valence-electron chi connectivity index (χ2n) is 4.44. The van der Waals surface area contributed by atoms with Crippen molar-refractivity contribution in [2.24, 2.45) is 0 Å². The van der Waals surface area contributed by atoms with Crippen LogP contribution in [-0.2, 0) is 0 Å². The van der Waals surface area contributed by atoms with Gasteiger partial charge in [-0.1, -0.05) is 0 Å². The Morgan fingerprint density at radius 1 is 1.15 bits per heavy atom. The van der Waals surface area contributed by atoms with Crippen molar-refractivity contribution in [2.45, 2.75) is 13.0 Å². The van der Waals surface area contributed by atoms with Crippen LogP contribution in [0.15, 0.2) is 12.1 Å². The third-order valence-electron chi connectivity index (χ3n) is 2.82. The molecule has 1 aromatic rings. The number of hydrogen-bond donors (Lipinski definition) is 1. The highest BCUT2D eigenvalue weighted by Crippen LogP contribution is 2.35. The standard InChI is InChI=1S/C14H21NO5/c1-9(16)8-15(2)14(17)10-6-12(19-4)13(20-5)7-11(10)18-3/h6-7,9,16H,8H2,1-5H3. The normalized spacial score (nSPS) is 11.7. The largest absolute Gasteiger partial charge is 0.496 e. The molecule has 1 amide bonds. The number of carbonyl (C=O) groups excluding carboxylic acids is 1. The minimum atomic E-state index is -0.602. The summed E-state index contributed by atoms with van der Waals surface area (Å²) in [5, 5.41) is 9.36. The van der Waals surface area contributed by atoms with Gasteiger partial charge in [0.1, 0.15) is 5.75 Å². The Kier molecular flexibility index (Phi) is 5.64. The van der Waals surface area contributed by atoms with E-state index in [1.807, 2.05) is 0 Å². The van der Waals surface area contributed by atoms with Crippen molar-refractivity contribution in [1.82, 2.24) is 4.90 Å². The minimum Gasteiger partial charge on any atom is -0.496 e. The summed E-state index contributed by atoms with van der Waals surface area (Å²) in [5.74, 6) is 1.06. The van der Waals surface area contributed by atoms with Gasteiger partial charge >= 0.3 is 0 Å². The fourth-order valence-corrected chi connectivity index (χ4v) is 1.88. The van der Waals surface area contributed by atoms with Crippen molar-refractivity contribution in [1.29, 1.82) is 0 Å². The zero-order valence-electron chi connectivity index (χ0n) is 12.5. The van der Waals surface area contributed by atoms with Gasteiger partial charge in [0.2, 0.25) is 0 Å². The Bertz CT molecular complexity index is 473. The third-order valence-corrected chi connectivity index (χ3v) is 2.82. The molecule has 0 bridgehead atoms. The van der Waals surface area contributed by atoms with E-state index in [2.05, 4.69) is 0 Å². The molecule has 112 valence electrons. The molecule has 1 rings (SSSR count). The first kappa shape index (κ1) is 16.1. The third kappa shape index (κ3) is 3.54. The number of aliphatic hydroxyl groups is 1. The number of methoxy groups -OCH3 is 3. The van der Waals surface area contributed by atoms with E-state index in [1.165, 1.54) is 26.2 Å². The van der Waals surface area contributed by atoms with Crippen LogP contribution in [0.1, 0.15) is 17.3 Å². The van der Waals surface area contributed by atoms with E-state index in [1.54, 1.807) is 26.1 Å². The van der Waals surface area contributed by atoms with Crippen LogP contribution in [0.5, 0.6) is 17.2 Å². The quantitative estimate of drug-likeness (QED) is 0.848. The van der Waals surface area contributed by atoms with Gasteiger partial charge in [-0.3, -0.25) is 4.79 Å². The van der Waals surface area contributed by atoms with Gasteiger partial charge in [-0.15, -0.1) is 0 Å². The number of nitrogens with zero attached hydrogens (tertiary/aromatic N) is 1. The van der Waals surface area contributed by atoms with Gasteiger partial charge in [-0.05, 0) is 6.92 Å². The average molecular weight is 283 g/mol. The predicted octanol–water partition coefficient (Wildman–Crippen LogP) is 1.17. The van der Waals surface area contributed by atoms with Crippen molar-refractivity contribution in [3.05, 3.63) is 17.7 Å². The Balaban J connectivity index is 3.18. The zero-order chi connectivity index (χ0) is 15.3. The van der Waals surface area contributed by atoms with Gasteiger partial charge in [0.25, 0.3) is 5.91 Å². The number of benzene rings is 1. The average Bonchev–Trinajstić information content (AvgIpc) is 2.44. The van der Waals surface area contributed by atoms with E-state index in [-0.39, 0.29) is 12.5 Å². The van der Waals surface area contributed by atoms with Crippen LogP contribution in [0.3, 0.4) is 0 Å². The molecule has 1 atom stereocenters. The maximum atomic E-state index is 12.4. The summed E-state index contributed by atoms with van der Waals surface area (Å²) in [6.45, 7) is 1.85. The fraction of sp³-hybridized carbons (Fsp3) is 0.500. The van der Waals surface area contributed by atoms with E-state index in [0.29, 0.717) is 22.8 Å². The molecule has 0 aromatic heterocycles. The summed E-state index contributed by atoms with van der Waals surface area (Å²) in [6, 6.07) is 3.17. The molecule has 0 aliphatic heterocycles. The molecular formula is C14H21NO5. The van der Waals surface area contributed by atoms with Gasteiger partial charge in [0.05, 0.1) is 33.0 Å². The number of hydrogen-bond acceptors (Lipinski definition) is 5. The van der Waals surface area contributed by atoms with Gasteiger partial charge in [0.15, 0.2) is 11.5 Å². The molecule has 0 aliphatic carbocycles. The molecule has 0 fully saturated rings. The summed E-state index contributed by atoms with van der Waals surface area (Å²) in [6.07, 6.45) is -0.602. The molecule has 1 N–H and O–H groups in total. The molecule has 0 saturated heterocycles. The van der Waals surface area contributed by atoms with Crippen molar-refractivity contribution in [3.63, 3.8) is 0 Å². The Morgan fingerprint density at radius 2 is 1.65 bits per heavy atom. The highest BCUT2D eigenvalue weighted by Gasteiger charge is 2.21. The molecule has 1 aromatic carbocycles. The van der Waals surface area contributed by atoms with Crippen molar-refractivity contribution in [2.75, 3.05) is 34.9 Å². The molecule has 6 heteroatoms. The number of rotatable bonds is 6. The molecule has 0 heterocycles. The topological polar surface area (TPSA) is 68.2 Å². The van der Waals surface area contributed by atoms with Gasteiger partial charge in [-0.25, -0.2) is 0 Å². The monoisotopic (exact) mass is 283 g/mol. The van der Waals surface area contributed by atoms with Gasteiger partial charge < -0.3 is 24.2 Å². The fourth-order valence-electron chi connectivity index (χ4n) is 1.88. The summed E-state index contributed by atoms with van der Waals surface area (Å²) < 4.78 is 15.6. The van der Waals surface area contributed by atoms with Crippen LogP contribution in [-0.4, -0.2) is 56.9 Å². The van der Waals surface area contributed by atoms with E-state index in [9.17, 15) is 9.90 Å². The minimum absolute atomic E-state index is 0.232. The first-order valence-electron chi connectivity index (χ1n) is 6.18. The molecule has 0 spiro atoms. The van der Waals surface area contributed by atoms with E-state index >= 15 is 0 Å². The van der Waals surface area contributed by atoms with Crippen molar-refractivity contribution >= 4 is 5.91 Å². The summed E-state index contributed by atoms with van der Waals surface area (Å²) in [5.41, 5.74) is 0.355. The zero-order valence-corrected chi connectivity index (χ0v) is 12.5. The summed E-state index contributed by atoms with van der Waals surface area (Å²) in [7, 11) is 6.11. The number of aliphatic hydroxyl groups excluding tert-OH is 1. The Morgan fingerprint density at radius 3 is 2.10 bits per heavy atom. The first-order valence-corrected chi connectivity index (χ1v) is 6.18. The maximum Gasteiger partial charge on any atom is 0.257 e. The van der Waals surface area contributed by atoms with Crippen LogP contribution in [0.25, 0.3) is 0 Å². The lowest BCUT2D eigenvalue weighted by Crippen LogP contribution is -2.33. The second-order valence-corrected chi connectivity index (χ2v) is 4.44. The molecule has 1 unspecified atom stereocenters. The van der Waals surface area contributed by atoms with Crippen molar-refractivity contribution in [3.8, 4) is 17.2 Å². The molecule has 20 heavy (non-hydrogen) atoms. The highest BCUT2D eigenvalue weighted by molar-refractivity contribution is 5.97. The number of likely N-dealkylation sites (N-methyl/N-ethyl adjacent to an activating group) is 1. The SMILES string of the molecule is COc1cc(OC)c(C(=O)N(C)CC(C)O)cc1OC. The van der Waals surface area contributed by atoms with Crippen LogP contribution in [0.2, 0.25) is 0 Å². The molecule has 0 saturated carbocycles. The van der Waals surface area contributed by atoms with Crippen LogP contribution < -0.4 is 14.2 Å². The number of amides is 1. The smallest absolute Gasteiger partial charge is 0.257 e. The number of ether oxygens (including phenoxy) is 3. The lowest BCUT2D eigenvalue weighted by molar-refractivity contribution is 0.0700. The molecule has 0 radical (unpaired) electrons. The van der Waals surface area contributed by atoms with Crippen LogP contribution in [0.4, 0.5) is 0 Å². The Hall–Kier alpha value is -1.95. The second kappa shape index (κ2) is 7.00. The molecule has 0 aliphatic rings. The number of carbonyl (C=O) groups is 1.